The van der Waals surface area contributed by atoms with Crippen LogP contribution in [0, 0.1) is 5.82 Å². The topological polar surface area (TPSA) is 12.9 Å². The number of nitrogens with zero attached hydrogens (tertiary/aromatic N) is 1. The second-order valence-corrected chi connectivity index (χ2v) is 3.34. The second kappa shape index (κ2) is 3.13. The van der Waals surface area contributed by atoms with Gasteiger partial charge in [0.05, 0.1) is 10.5 Å². The van der Waals surface area contributed by atoms with E-state index in [4.69, 9.17) is 23.2 Å². The molecule has 0 unspecified atom stereocenters. The molecule has 2 rings (SSSR count). The largest absolute Gasteiger partial charge is 0.254 e. The van der Waals surface area contributed by atoms with Gasteiger partial charge < -0.3 is 0 Å². The van der Waals surface area contributed by atoms with Crippen LogP contribution in [0.25, 0.3) is 10.9 Å². The molecule has 0 saturated carbocycles. The van der Waals surface area contributed by atoms with Crippen molar-refractivity contribution >= 4 is 34.1 Å². The number of halogens is 3. The molecule has 0 aliphatic carbocycles. The molecule has 0 aliphatic heterocycles. The van der Waals surface area contributed by atoms with Gasteiger partial charge in [-0.1, -0.05) is 23.2 Å². The molecule has 0 radical (unpaired) electrons. The molecule has 1 aromatic carbocycles. The Morgan fingerprint density at radius 1 is 1.15 bits per heavy atom. The highest BCUT2D eigenvalue weighted by Gasteiger charge is 2.07. The Labute approximate surface area is 84.1 Å². The lowest BCUT2D eigenvalue weighted by atomic mass is 10.2. The van der Waals surface area contributed by atoms with Crippen LogP contribution in [0.3, 0.4) is 0 Å². The molecular weight excluding hydrogens is 212 g/mol. The van der Waals surface area contributed by atoms with E-state index in [1.54, 1.807) is 12.1 Å². The summed E-state index contributed by atoms with van der Waals surface area (Å²) in [5.74, 6) is -0.482. The van der Waals surface area contributed by atoms with Crippen molar-refractivity contribution in [3.05, 3.63) is 40.3 Å². The summed E-state index contributed by atoms with van der Waals surface area (Å²) < 4.78 is 13.0. The van der Waals surface area contributed by atoms with Gasteiger partial charge >= 0.3 is 0 Å². The highest BCUT2D eigenvalue weighted by Crippen LogP contribution is 2.28. The van der Waals surface area contributed by atoms with E-state index in [0.29, 0.717) is 15.9 Å². The van der Waals surface area contributed by atoms with Gasteiger partial charge in [-0.25, -0.2) is 4.39 Å². The fourth-order valence-corrected chi connectivity index (χ4v) is 1.55. The van der Waals surface area contributed by atoms with E-state index in [1.807, 2.05) is 0 Å². The van der Waals surface area contributed by atoms with E-state index >= 15 is 0 Å². The molecule has 0 saturated heterocycles. The van der Waals surface area contributed by atoms with Gasteiger partial charge in [0.25, 0.3) is 0 Å². The van der Waals surface area contributed by atoms with Crippen LogP contribution >= 0.6 is 23.2 Å². The maximum Gasteiger partial charge on any atom is 0.144 e. The van der Waals surface area contributed by atoms with Crippen LogP contribution in [0.15, 0.2) is 24.4 Å². The third kappa shape index (κ3) is 1.36. The molecule has 0 N–H and O–H groups in total. The molecule has 0 bridgehead atoms. The van der Waals surface area contributed by atoms with Crippen LogP contribution in [0.4, 0.5) is 4.39 Å². The van der Waals surface area contributed by atoms with E-state index in [1.165, 1.54) is 12.3 Å². The highest BCUT2D eigenvalue weighted by atomic mass is 35.5. The normalized spacial score (nSPS) is 10.7. The fourth-order valence-electron chi connectivity index (χ4n) is 1.13. The molecule has 0 atom stereocenters. The van der Waals surface area contributed by atoms with Gasteiger partial charge in [0.15, 0.2) is 0 Å². The lowest BCUT2D eigenvalue weighted by Crippen LogP contribution is -1.84. The minimum absolute atomic E-state index is 0.0139. The maximum absolute atomic E-state index is 13.0. The van der Waals surface area contributed by atoms with Gasteiger partial charge in [0.2, 0.25) is 0 Å². The number of rotatable bonds is 0. The Kier molecular flexibility index (Phi) is 2.10. The Morgan fingerprint density at radius 3 is 2.69 bits per heavy atom. The molecule has 66 valence electrons. The second-order valence-electron chi connectivity index (χ2n) is 2.55. The summed E-state index contributed by atoms with van der Waals surface area (Å²) in [6.07, 6.45) is 1.50. The monoisotopic (exact) mass is 215 g/mol. The van der Waals surface area contributed by atoms with Crippen molar-refractivity contribution in [2.24, 2.45) is 0 Å². The van der Waals surface area contributed by atoms with Crippen LogP contribution in [-0.2, 0) is 0 Å². The third-order valence-corrected chi connectivity index (χ3v) is 2.44. The zero-order chi connectivity index (χ0) is 9.42. The molecule has 4 heteroatoms. The molecule has 0 fully saturated rings. The molecule has 1 heterocycles. The summed E-state index contributed by atoms with van der Waals surface area (Å²) in [5.41, 5.74) is 0.397. The summed E-state index contributed by atoms with van der Waals surface area (Å²) in [5, 5.41) is 1.20. The van der Waals surface area contributed by atoms with Gasteiger partial charge in [0, 0.05) is 11.6 Å². The standard InChI is InChI=1S/C9H4Cl2FN/c10-6-3-4-13-9-5(6)1-2-7(12)8(9)11/h1-4H. The van der Waals surface area contributed by atoms with Crippen LogP contribution in [-0.4, -0.2) is 4.98 Å². The molecule has 2 aromatic rings. The Morgan fingerprint density at radius 2 is 1.92 bits per heavy atom. The maximum atomic E-state index is 13.0. The first-order valence-electron chi connectivity index (χ1n) is 3.58. The predicted molar refractivity (Wildman–Crippen MR) is 51.7 cm³/mol. The number of benzene rings is 1. The molecule has 0 amide bonds. The molecule has 1 nitrogen and oxygen atoms in total. The number of fused-ring (bicyclic) bond motifs is 1. The van der Waals surface area contributed by atoms with Gasteiger partial charge in [-0.3, -0.25) is 4.98 Å². The molecular formula is C9H4Cl2FN. The Hall–Kier alpha value is -0.860. The predicted octanol–water partition coefficient (Wildman–Crippen LogP) is 3.68. The van der Waals surface area contributed by atoms with Crippen molar-refractivity contribution in [1.82, 2.24) is 4.98 Å². The molecule has 0 aliphatic rings. The number of pyridine rings is 1. The minimum Gasteiger partial charge on any atom is -0.254 e. The van der Waals surface area contributed by atoms with E-state index < -0.39 is 5.82 Å². The van der Waals surface area contributed by atoms with Gasteiger partial charge in [-0.15, -0.1) is 0 Å². The van der Waals surface area contributed by atoms with Crippen LogP contribution in [0.5, 0.6) is 0 Å². The average Bonchev–Trinajstić information content (AvgIpc) is 2.12. The first kappa shape index (κ1) is 8.73. The first-order chi connectivity index (χ1) is 6.20. The number of aromatic nitrogens is 1. The highest BCUT2D eigenvalue weighted by molar-refractivity contribution is 6.39. The van der Waals surface area contributed by atoms with E-state index in [-0.39, 0.29) is 5.02 Å². The Bertz CT molecular complexity index is 470. The van der Waals surface area contributed by atoms with Crippen molar-refractivity contribution in [1.29, 1.82) is 0 Å². The third-order valence-electron chi connectivity index (χ3n) is 1.75. The minimum atomic E-state index is -0.482. The summed E-state index contributed by atoms with van der Waals surface area (Å²) in [7, 11) is 0. The van der Waals surface area contributed by atoms with Gasteiger partial charge in [-0.05, 0) is 18.2 Å². The summed E-state index contributed by atoms with van der Waals surface area (Å²) in [6, 6.07) is 4.47. The molecule has 13 heavy (non-hydrogen) atoms. The number of hydrogen-bond acceptors (Lipinski definition) is 1. The first-order valence-corrected chi connectivity index (χ1v) is 4.34. The zero-order valence-corrected chi connectivity index (χ0v) is 7.90. The van der Waals surface area contributed by atoms with E-state index in [9.17, 15) is 4.39 Å². The smallest absolute Gasteiger partial charge is 0.144 e. The summed E-state index contributed by atoms with van der Waals surface area (Å²) in [6.45, 7) is 0. The van der Waals surface area contributed by atoms with Crippen molar-refractivity contribution in [3.8, 4) is 0 Å². The van der Waals surface area contributed by atoms with Crippen molar-refractivity contribution in [2.45, 2.75) is 0 Å². The van der Waals surface area contributed by atoms with Crippen molar-refractivity contribution < 1.29 is 4.39 Å². The van der Waals surface area contributed by atoms with Crippen molar-refractivity contribution in [2.75, 3.05) is 0 Å². The summed E-state index contributed by atoms with van der Waals surface area (Å²) in [4.78, 5) is 3.95. The van der Waals surface area contributed by atoms with E-state index in [0.717, 1.165) is 0 Å². The fraction of sp³-hybridized carbons (Fsp3) is 0. The molecule has 0 spiro atoms. The van der Waals surface area contributed by atoms with Gasteiger partial charge in [0.1, 0.15) is 10.8 Å². The number of hydrogen-bond donors (Lipinski definition) is 0. The lowest BCUT2D eigenvalue weighted by Gasteiger charge is -2.01. The lowest BCUT2D eigenvalue weighted by molar-refractivity contribution is 0.630. The van der Waals surface area contributed by atoms with Crippen molar-refractivity contribution in [3.63, 3.8) is 0 Å². The Balaban J connectivity index is 2.94. The van der Waals surface area contributed by atoms with Gasteiger partial charge in [-0.2, -0.15) is 0 Å². The zero-order valence-electron chi connectivity index (χ0n) is 6.39. The molecule has 1 aromatic heterocycles. The van der Waals surface area contributed by atoms with E-state index in [2.05, 4.69) is 4.98 Å². The van der Waals surface area contributed by atoms with Crippen LogP contribution in [0.2, 0.25) is 10.0 Å². The summed E-state index contributed by atoms with van der Waals surface area (Å²) >= 11 is 11.6. The van der Waals surface area contributed by atoms with Crippen LogP contribution in [0.1, 0.15) is 0 Å². The average molecular weight is 216 g/mol. The SMILES string of the molecule is Fc1ccc2c(Cl)ccnc2c1Cl. The van der Waals surface area contributed by atoms with Crippen LogP contribution < -0.4 is 0 Å². The quantitative estimate of drug-likeness (QED) is 0.654.